The Morgan fingerprint density at radius 1 is 1.67 bits per heavy atom. The predicted octanol–water partition coefficient (Wildman–Crippen LogP) is -0.0808. The van der Waals surface area contributed by atoms with Crippen LogP contribution < -0.4 is 0 Å². The summed E-state index contributed by atoms with van der Waals surface area (Å²) >= 11 is -1.79. The van der Waals surface area contributed by atoms with E-state index in [0.29, 0.717) is 6.54 Å². The highest BCUT2D eigenvalue weighted by Crippen LogP contribution is 1.80. The van der Waals surface area contributed by atoms with Gasteiger partial charge in [0.05, 0.1) is 5.75 Å². The van der Waals surface area contributed by atoms with Crippen molar-refractivity contribution in [3.05, 3.63) is 0 Å². The first-order valence-electron chi connectivity index (χ1n) is 2.68. The molecule has 0 aliphatic rings. The van der Waals surface area contributed by atoms with Gasteiger partial charge < -0.3 is 9.76 Å². The second-order valence-electron chi connectivity index (χ2n) is 1.57. The van der Waals surface area contributed by atoms with Crippen molar-refractivity contribution < 1.29 is 14.0 Å². The third-order valence-corrected chi connectivity index (χ3v) is 1.42. The molecule has 0 fully saturated rings. The minimum Gasteiger partial charge on any atom is -0.314 e. The molecule has 1 unspecified atom stereocenters. The van der Waals surface area contributed by atoms with Gasteiger partial charge in [-0.25, -0.2) is 4.21 Å². The van der Waals surface area contributed by atoms with E-state index in [9.17, 15) is 4.21 Å². The predicted molar refractivity (Wildman–Crippen MR) is 34.7 cm³/mol. The van der Waals surface area contributed by atoms with E-state index >= 15 is 0 Å². The average molecular weight is 153 g/mol. The van der Waals surface area contributed by atoms with Crippen LogP contribution in [0.5, 0.6) is 0 Å². The van der Waals surface area contributed by atoms with Gasteiger partial charge in [-0.3, -0.25) is 0 Å². The molecule has 5 heteroatoms. The van der Waals surface area contributed by atoms with Crippen LogP contribution in [0.3, 0.4) is 0 Å². The fourth-order valence-electron chi connectivity index (χ4n) is 0.342. The molecule has 0 aromatic heterocycles. The van der Waals surface area contributed by atoms with Crippen molar-refractivity contribution in [1.82, 2.24) is 5.06 Å². The van der Waals surface area contributed by atoms with Gasteiger partial charge in [0.15, 0.2) is 11.1 Å². The van der Waals surface area contributed by atoms with Crippen LogP contribution in [0.2, 0.25) is 0 Å². The van der Waals surface area contributed by atoms with E-state index in [-0.39, 0.29) is 12.3 Å². The molecule has 0 bridgehead atoms. The number of nitrogens with zero attached hydrogens (tertiary/aromatic N) is 1. The first kappa shape index (κ1) is 9.03. The number of hydrogen-bond donors (Lipinski definition) is 2. The van der Waals surface area contributed by atoms with Crippen LogP contribution in [0, 0.1) is 0 Å². The third-order valence-electron chi connectivity index (χ3n) is 0.889. The van der Waals surface area contributed by atoms with E-state index in [0.717, 1.165) is 5.06 Å². The minimum atomic E-state index is -1.79. The largest absolute Gasteiger partial charge is 0.314 e. The maximum atomic E-state index is 9.99. The maximum Gasteiger partial charge on any atom is 0.154 e. The van der Waals surface area contributed by atoms with Gasteiger partial charge >= 0.3 is 0 Å². The monoisotopic (exact) mass is 153 g/mol. The Morgan fingerprint density at radius 2 is 2.22 bits per heavy atom. The van der Waals surface area contributed by atoms with Crippen LogP contribution in [0.1, 0.15) is 6.92 Å². The molecule has 0 aliphatic carbocycles. The van der Waals surface area contributed by atoms with E-state index in [1.807, 2.05) is 0 Å². The Balaban J connectivity index is 3.16. The van der Waals surface area contributed by atoms with Gasteiger partial charge in [-0.15, -0.1) is 0 Å². The van der Waals surface area contributed by atoms with E-state index in [1.54, 1.807) is 6.92 Å². The molecule has 0 heterocycles. The standard InChI is InChI=1S/C4H11NO3S/c1-2-5(6)3-4-9(7)8/h6H,2-4H2,1H3,(H,7,8). The van der Waals surface area contributed by atoms with Crippen LogP contribution >= 0.6 is 0 Å². The lowest BCUT2D eigenvalue weighted by Crippen LogP contribution is -2.23. The van der Waals surface area contributed by atoms with Crippen LogP contribution in [0.4, 0.5) is 0 Å². The van der Waals surface area contributed by atoms with Gasteiger partial charge in [0.2, 0.25) is 0 Å². The summed E-state index contributed by atoms with van der Waals surface area (Å²) in [6, 6.07) is 0. The van der Waals surface area contributed by atoms with Gasteiger partial charge in [-0.1, -0.05) is 6.92 Å². The Labute approximate surface area is 56.7 Å². The molecule has 56 valence electrons. The summed E-state index contributed by atoms with van der Waals surface area (Å²) in [5.41, 5.74) is 0. The summed E-state index contributed by atoms with van der Waals surface area (Å²) in [6.45, 7) is 2.50. The van der Waals surface area contributed by atoms with Crippen LogP contribution in [0.15, 0.2) is 0 Å². The SMILES string of the molecule is CCN(O)CCS(=O)O. The van der Waals surface area contributed by atoms with Crippen LogP contribution in [-0.4, -0.2) is 37.9 Å². The first-order chi connectivity index (χ1) is 4.16. The summed E-state index contributed by atoms with van der Waals surface area (Å²) < 4.78 is 18.2. The molecule has 0 aromatic carbocycles. The summed E-state index contributed by atoms with van der Waals surface area (Å²) in [5, 5.41) is 9.69. The zero-order chi connectivity index (χ0) is 7.28. The molecule has 0 saturated carbocycles. The van der Waals surface area contributed by atoms with Gasteiger partial charge in [-0.2, -0.15) is 5.06 Å². The third kappa shape index (κ3) is 5.91. The fourth-order valence-corrected chi connectivity index (χ4v) is 0.709. The van der Waals surface area contributed by atoms with Gasteiger partial charge in [0, 0.05) is 13.1 Å². The van der Waals surface area contributed by atoms with Crippen molar-refractivity contribution in [2.45, 2.75) is 6.92 Å². The van der Waals surface area contributed by atoms with E-state index in [2.05, 4.69) is 0 Å². The molecule has 2 N–H and O–H groups in total. The van der Waals surface area contributed by atoms with Crippen molar-refractivity contribution in [3.8, 4) is 0 Å². The molecule has 0 aromatic rings. The molecule has 0 rings (SSSR count). The molecule has 0 saturated heterocycles. The molecular formula is C4H11NO3S. The maximum absolute atomic E-state index is 9.99. The normalized spacial score (nSPS) is 14.2. The Hall–Kier alpha value is 0.0300. The van der Waals surface area contributed by atoms with Crippen molar-refractivity contribution >= 4 is 11.1 Å². The molecule has 0 spiro atoms. The molecule has 0 amide bonds. The number of hydroxylamine groups is 2. The van der Waals surface area contributed by atoms with Gasteiger partial charge in [0.25, 0.3) is 0 Å². The quantitative estimate of drug-likeness (QED) is 0.438. The summed E-state index contributed by atoms with van der Waals surface area (Å²) in [6.07, 6.45) is 0. The smallest absolute Gasteiger partial charge is 0.154 e. The Morgan fingerprint density at radius 3 is 2.56 bits per heavy atom. The van der Waals surface area contributed by atoms with Crippen LogP contribution in [-0.2, 0) is 11.1 Å². The summed E-state index contributed by atoms with van der Waals surface area (Å²) in [5.74, 6) is 0.102. The number of rotatable bonds is 4. The van der Waals surface area contributed by atoms with Gasteiger partial charge in [-0.05, 0) is 0 Å². The van der Waals surface area contributed by atoms with Crippen molar-refractivity contribution in [1.29, 1.82) is 0 Å². The number of hydrogen-bond acceptors (Lipinski definition) is 3. The molecule has 0 radical (unpaired) electrons. The Kier molecular flexibility index (Phi) is 4.88. The summed E-state index contributed by atoms with van der Waals surface area (Å²) in [7, 11) is 0. The van der Waals surface area contributed by atoms with E-state index in [1.165, 1.54) is 0 Å². The molecule has 9 heavy (non-hydrogen) atoms. The molecule has 1 atom stereocenters. The van der Waals surface area contributed by atoms with E-state index in [4.69, 9.17) is 9.76 Å². The lowest BCUT2D eigenvalue weighted by atomic mass is 10.6. The average Bonchev–Trinajstić information content (AvgIpc) is 1.83. The second-order valence-corrected chi connectivity index (χ2v) is 2.62. The molecule has 4 nitrogen and oxygen atoms in total. The minimum absolute atomic E-state index is 0.102. The Bertz CT molecular complexity index is 97.8. The second kappa shape index (κ2) is 4.87. The topological polar surface area (TPSA) is 60.8 Å². The zero-order valence-corrected chi connectivity index (χ0v) is 6.10. The van der Waals surface area contributed by atoms with Crippen LogP contribution in [0.25, 0.3) is 0 Å². The van der Waals surface area contributed by atoms with Crippen molar-refractivity contribution in [2.75, 3.05) is 18.8 Å². The fraction of sp³-hybridized carbons (Fsp3) is 1.00. The lowest BCUT2D eigenvalue weighted by Gasteiger charge is -2.08. The molecular weight excluding hydrogens is 142 g/mol. The van der Waals surface area contributed by atoms with Crippen molar-refractivity contribution in [3.63, 3.8) is 0 Å². The lowest BCUT2D eigenvalue weighted by molar-refractivity contribution is -0.0806. The highest BCUT2D eigenvalue weighted by atomic mass is 32.2. The first-order valence-corrected chi connectivity index (χ1v) is 3.95. The molecule has 0 aliphatic heterocycles. The highest BCUT2D eigenvalue weighted by molar-refractivity contribution is 7.79. The van der Waals surface area contributed by atoms with Crippen molar-refractivity contribution in [2.24, 2.45) is 0 Å². The zero-order valence-electron chi connectivity index (χ0n) is 5.28. The van der Waals surface area contributed by atoms with E-state index < -0.39 is 11.1 Å². The van der Waals surface area contributed by atoms with Gasteiger partial charge in [0.1, 0.15) is 0 Å². The highest BCUT2D eigenvalue weighted by Gasteiger charge is 1.97. The summed E-state index contributed by atoms with van der Waals surface area (Å²) in [4.78, 5) is 0.